The molecule has 0 spiro atoms. The summed E-state index contributed by atoms with van der Waals surface area (Å²) >= 11 is 11.1. The average Bonchev–Trinajstić information content (AvgIpc) is 2.96. The molecule has 0 unspecified atom stereocenters. The molecule has 0 bridgehead atoms. The molecule has 6 heteroatoms. The Morgan fingerprint density at radius 3 is 2.73 bits per heavy atom. The van der Waals surface area contributed by atoms with Gasteiger partial charge in [-0.25, -0.2) is 0 Å². The van der Waals surface area contributed by atoms with Crippen LogP contribution in [0.25, 0.3) is 11.5 Å². The van der Waals surface area contributed by atoms with Crippen molar-refractivity contribution in [2.75, 3.05) is 0 Å². The van der Waals surface area contributed by atoms with E-state index in [0.717, 1.165) is 20.6 Å². The number of rotatable bonds is 4. The van der Waals surface area contributed by atoms with E-state index in [-0.39, 0.29) is 5.25 Å². The molecule has 0 saturated heterocycles. The summed E-state index contributed by atoms with van der Waals surface area (Å²) in [6, 6.07) is 15.5. The lowest BCUT2D eigenvalue weighted by molar-refractivity contribution is 0.465. The van der Waals surface area contributed by atoms with Crippen molar-refractivity contribution in [1.82, 2.24) is 10.2 Å². The smallest absolute Gasteiger partial charge is 0.277 e. The maximum atomic E-state index is 6.22. The molecule has 0 aliphatic heterocycles. The van der Waals surface area contributed by atoms with Gasteiger partial charge in [0.2, 0.25) is 5.89 Å². The summed E-state index contributed by atoms with van der Waals surface area (Å²) in [6.45, 7) is 2.06. The lowest BCUT2D eigenvalue weighted by Crippen LogP contribution is -1.89. The first kappa shape index (κ1) is 15.6. The van der Waals surface area contributed by atoms with Crippen molar-refractivity contribution >= 4 is 39.3 Å². The zero-order valence-electron chi connectivity index (χ0n) is 11.7. The quantitative estimate of drug-likeness (QED) is 0.507. The highest BCUT2D eigenvalue weighted by atomic mass is 79.9. The first-order chi connectivity index (χ1) is 10.6. The van der Waals surface area contributed by atoms with E-state index in [1.807, 2.05) is 48.5 Å². The first-order valence-electron chi connectivity index (χ1n) is 6.64. The van der Waals surface area contributed by atoms with Crippen LogP contribution < -0.4 is 0 Å². The van der Waals surface area contributed by atoms with Crippen molar-refractivity contribution in [3.63, 3.8) is 0 Å². The van der Waals surface area contributed by atoms with Gasteiger partial charge in [0.1, 0.15) is 0 Å². The molecule has 0 N–H and O–H groups in total. The standard InChI is InChI=1S/C16H12BrClN2OS/c1-10(13-7-2-3-8-14(13)18)22-16-20-19-15(21-16)11-5-4-6-12(17)9-11/h2-10H,1H3/t10-/m1/s1. The number of hydrogen-bond donors (Lipinski definition) is 0. The normalized spacial score (nSPS) is 12.3. The van der Waals surface area contributed by atoms with Gasteiger partial charge in [-0.2, -0.15) is 0 Å². The molecule has 0 fully saturated rings. The van der Waals surface area contributed by atoms with Crippen molar-refractivity contribution in [3.8, 4) is 11.5 Å². The van der Waals surface area contributed by atoms with Gasteiger partial charge >= 0.3 is 0 Å². The highest BCUT2D eigenvalue weighted by Gasteiger charge is 2.16. The number of hydrogen-bond acceptors (Lipinski definition) is 4. The summed E-state index contributed by atoms with van der Waals surface area (Å²) in [6.07, 6.45) is 0. The lowest BCUT2D eigenvalue weighted by Gasteiger charge is -2.10. The SMILES string of the molecule is C[C@@H](Sc1nnc(-c2cccc(Br)c2)o1)c1ccccc1Cl. The van der Waals surface area contributed by atoms with Crippen LogP contribution in [0, 0.1) is 0 Å². The molecular weight excluding hydrogens is 384 g/mol. The van der Waals surface area contributed by atoms with Crippen molar-refractivity contribution in [1.29, 1.82) is 0 Å². The second-order valence-electron chi connectivity index (χ2n) is 4.67. The molecular formula is C16H12BrClN2OS. The van der Waals surface area contributed by atoms with Crippen LogP contribution in [0.5, 0.6) is 0 Å². The van der Waals surface area contributed by atoms with Crippen LogP contribution in [0.2, 0.25) is 5.02 Å². The van der Waals surface area contributed by atoms with Crippen molar-refractivity contribution in [2.45, 2.75) is 17.4 Å². The zero-order valence-corrected chi connectivity index (χ0v) is 14.8. The first-order valence-corrected chi connectivity index (χ1v) is 8.69. The van der Waals surface area contributed by atoms with E-state index < -0.39 is 0 Å². The summed E-state index contributed by atoms with van der Waals surface area (Å²) < 4.78 is 6.71. The van der Waals surface area contributed by atoms with E-state index in [1.54, 1.807) is 0 Å². The number of halogens is 2. The zero-order chi connectivity index (χ0) is 15.5. The molecule has 0 saturated carbocycles. The topological polar surface area (TPSA) is 38.9 Å². The fraction of sp³-hybridized carbons (Fsp3) is 0.125. The van der Waals surface area contributed by atoms with E-state index >= 15 is 0 Å². The minimum absolute atomic E-state index is 0.129. The Bertz CT molecular complexity index is 793. The summed E-state index contributed by atoms with van der Waals surface area (Å²) in [7, 11) is 0. The monoisotopic (exact) mass is 394 g/mol. The largest absolute Gasteiger partial charge is 0.411 e. The Hall–Kier alpha value is -1.30. The summed E-state index contributed by atoms with van der Waals surface area (Å²) in [5.74, 6) is 0.509. The van der Waals surface area contributed by atoms with Crippen molar-refractivity contribution in [3.05, 3.63) is 63.6 Å². The van der Waals surface area contributed by atoms with Gasteiger partial charge in [-0.3, -0.25) is 0 Å². The highest BCUT2D eigenvalue weighted by Crippen LogP contribution is 2.38. The Morgan fingerprint density at radius 2 is 1.95 bits per heavy atom. The van der Waals surface area contributed by atoms with Crippen LogP contribution in [0.4, 0.5) is 0 Å². The maximum Gasteiger partial charge on any atom is 0.277 e. The van der Waals surface area contributed by atoms with Gasteiger partial charge in [-0.05, 0) is 36.8 Å². The summed E-state index contributed by atoms with van der Waals surface area (Å²) in [4.78, 5) is 0. The second kappa shape index (κ2) is 6.86. The number of nitrogens with zero attached hydrogens (tertiary/aromatic N) is 2. The minimum atomic E-state index is 0.129. The maximum absolute atomic E-state index is 6.22. The van der Waals surface area contributed by atoms with Crippen LogP contribution in [-0.4, -0.2) is 10.2 Å². The molecule has 0 radical (unpaired) electrons. The summed E-state index contributed by atoms with van der Waals surface area (Å²) in [5.41, 5.74) is 1.94. The predicted octanol–water partition coefficient (Wildman–Crippen LogP) is 6.01. The second-order valence-corrected chi connectivity index (χ2v) is 7.28. The third kappa shape index (κ3) is 3.54. The van der Waals surface area contributed by atoms with E-state index in [1.165, 1.54) is 11.8 Å². The van der Waals surface area contributed by atoms with Crippen molar-refractivity contribution in [2.24, 2.45) is 0 Å². The molecule has 1 atom stereocenters. The molecule has 3 rings (SSSR count). The molecule has 22 heavy (non-hydrogen) atoms. The summed E-state index contributed by atoms with van der Waals surface area (Å²) in [5, 5.41) is 9.61. The fourth-order valence-corrected chi connectivity index (χ4v) is 3.63. The predicted molar refractivity (Wildman–Crippen MR) is 93.2 cm³/mol. The van der Waals surface area contributed by atoms with Gasteiger partial charge in [0.15, 0.2) is 0 Å². The Morgan fingerprint density at radius 1 is 1.14 bits per heavy atom. The molecule has 0 aliphatic rings. The lowest BCUT2D eigenvalue weighted by atomic mass is 10.2. The molecule has 1 heterocycles. The van der Waals surface area contributed by atoms with E-state index in [0.29, 0.717) is 11.1 Å². The van der Waals surface area contributed by atoms with Gasteiger partial charge in [0.05, 0.1) is 0 Å². The molecule has 0 aliphatic carbocycles. The van der Waals surface area contributed by atoms with Crippen molar-refractivity contribution < 1.29 is 4.42 Å². The highest BCUT2D eigenvalue weighted by molar-refractivity contribution is 9.10. The third-order valence-electron chi connectivity index (χ3n) is 3.10. The number of thioether (sulfide) groups is 1. The fourth-order valence-electron chi connectivity index (χ4n) is 2.02. The molecule has 3 nitrogen and oxygen atoms in total. The minimum Gasteiger partial charge on any atom is -0.411 e. The van der Waals surface area contributed by atoms with Gasteiger partial charge in [0, 0.05) is 20.3 Å². The Balaban J connectivity index is 1.79. The number of aromatic nitrogens is 2. The Kier molecular flexibility index (Phi) is 4.86. The van der Waals surface area contributed by atoms with Crippen LogP contribution >= 0.6 is 39.3 Å². The van der Waals surface area contributed by atoms with Gasteiger partial charge in [0.25, 0.3) is 5.22 Å². The molecule has 112 valence electrons. The Labute approximate surface area is 146 Å². The molecule has 3 aromatic rings. The third-order valence-corrected chi connectivity index (χ3v) is 4.91. The van der Waals surface area contributed by atoms with Crippen LogP contribution in [0.1, 0.15) is 17.7 Å². The van der Waals surface area contributed by atoms with Gasteiger partial charge < -0.3 is 4.42 Å². The van der Waals surface area contributed by atoms with E-state index in [2.05, 4.69) is 33.1 Å². The van der Waals surface area contributed by atoms with Gasteiger partial charge in [-0.1, -0.05) is 63.6 Å². The average molecular weight is 396 g/mol. The number of benzene rings is 2. The van der Waals surface area contributed by atoms with Crippen LogP contribution in [0.3, 0.4) is 0 Å². The van der Waals surface area contributed by atoms with Gasteiger partial charge in [-0.15, -0.1) is 10.2 Å². The molecule has 2 aromatic carbocycles. The van der Waals surface area contributed by atoms with Crippen LogP contribution in [0.15, 0.2) is 62.6 Å². The van der Waals surface area contributed by atoms with E-state index in [4.69, 9.17) is 16.0 Å². The molecule has 1 aromatic heterocycles. The van der Waals surface area contributed by atoms with Crippen LogP contribution in [-0.2, 0) is 0 Å². The van der Waals surface area contributed by atoms with E-state index in [9.17, 15) is 0 Å². The molecule has 0 amide bonds.